The Morgan fingerprint density at radius 2 is 2.36 bits per heavy atom. The number of rotatable bonds is 1. The number of hydrogen-bond donors (Lipinski definition) is 1. The van der Waals surface area contributed by atoms with Crippen LogP contribution >= 0.6 is 0 Å². The van der Waals surface area contributed by atoms with E-state index in [-0.39, 0.29) is 0 Å². The number of carbonyl (C=O) groups excluding carboxylic acids is 1. The van der Waals surface area contributed by atoms with Crippen molar-refractivity contribution in [3.8, 4) is 0 Å². The number of carbonyl (C=O) groups is 1. The average molecular weight is 194 g/mol. The number of likely N-dealkylation sites (tertiary alicyclic amines) is 1. The maximum absolute atomic E-state index is 12.1. The van der Waals surface area contributed by atoms with Crippen molar-refractivity contribution in [1.82, 2.24) is 10.2 Å². The number of amides is 1. The van der Waals surface area contributed by atoms with Crippen molar-refractivity contribution < 1.29 is 4.79 Å². The second-order valence-corrected chi connectivity index (χ2v) is 5.21. The molecule has 0 spiro atoms. The van der Waals surface area contributed by atoms with E-state index < -0.39 is 0 Å². The van der Waals surface area contributed by atoms with E-state index in [9.17, 15) is 4.79 Å². The van der Waals surface area contributed by atoms with Gasteiger partial charge in [0.15, 0.2) is 0 Å². The summed E-state index contributed by atoms with van der Waals surface area (Å²) in [6, 6.07) is 0.517. The molecule has 3 nitrogen and oxygen atoms in total. The Hall–Kier alpha value is -0.570. The monoisotopic (exact) mass is 194 g/mol. The van der Waals surface area contributed by atoms with Gasteiger partial charge in [-0.15, -0.1) is 0 Å². The largest absolute Gasteiger partial charge is 0.342 e. The van der Waals surface area contributed by atoms with Crippen LogP contribution in [0, 0.1) is 17.8 Å². The standard InChI is InChI=1S/C11H18N2O/c1-7-2-3-13(6-7)11(14)10-8-4-9(10)12-5-8/h7-10,12H,2-6H2,1H3. The van der Waals surface area contributed by atoms with Crippen LogP contribution in [0.15, 0.2) is 0 Å². The number of hydrogen-bond acceptors (Lipinski definition) is 2. The van der Waals surface area contributed by atoms with Crippen molar-refractivity contribution in [2.45, 2.75) is 25.8 Å². The third kappa shape index (κ3) is 1.11. The van der Waals surface area contributed by atoms with E-state index >= 15 is 0 Å². The van der Waals surface area contributed by atoms with Crippen molar-refractivity contribution in [2.75, 3.05) is 19.6 Å². The SMILES string of the molecule is CC1CCN(C(=O)C2C3CNC2C3)C1. The normalized spacial score (nSPS) is 45.4. The lowest BCUT2D eigenvalue weighted by atomic mass is 9.73. The summed E-state index contributed by atoms with van der Waals surface area (Å²) in [4.78, 5) is 14.2. The summed E-state index contributed by atoms with van der Waals surface area (Å²) >= 11 is 0. The first-order valence-corrected chi connectivity index (χ1v) is 5.78. The third-order valence-corrected chi connectivity index (χ3v) is 4.16. The number of nitrogens with one attached hydrogen (secondary N) is 1. The van der Waals surface area contributed by atoms with Crippen LogP contribution in [0.3, 0.4) is 0 Å². The van der Waals surface area contributed by atoms with E-state index in [0.29, 0.717) is 29.7 Å². The van der Waals surface area contributed by atoms with Gasteiger partial charge in [0, 0.05) is 19.1 Å². The summed E-state index contributed by atoms with van der Waals surface area (Å²) in [6.07, 6.45) is 2.43. The molecule has 1 aliphatic carbocycles. The predicted molar refractivity (Wildman–Crippen MR) is 53.7 cm³/mol. The zero-order valence-corrected chi connectivity index (χ0v) is 8.70. The molecular weight excluding hydrogens is 176 g/mol. The minimum absolute atomic E-state index is 0.334. The molecule has 4 fully saturated rings. The maximum Gasteiger partial charge on any atom is 0.227 e. The molecular formula is C11H18N2O. The molecule has 4 atom stereocenters. The van der Waals surface area contributed by atoms with Gasteiger partial charge in [-0.05, 0) is 31.2 Å². The highest BCUT2D eigenvalue weighted by Gasteiger charge is 2.52. The minimum atomic E-state index is 0.334. The van der Waals surface area contributed by atoms with Crippen LogP contribution in [-0.4, -0.2) is 36.5 Å². The summed E-state index contributed by atoms with van der Waals surface area (Å²) in [5.74, 6) is 2.13. The van der Waals surface area contributed by atoms with Gasteiger partial charge in [-0.3, -0.25) is 4.79 Å². The predicted octanol–water partition coefficient (Wildman–Crippen LogP) is 0.463. The van der Waals surface area contributed by atoms with Crippen LogP contribution in [0.4, 0.5) is 0 Å². The van der Waals surface area contributed by atoms with Gasteiger partial charge in [0.25, 0.3) is 0 Å². The van der Waals surface area contributed by atoms with E-state index in [0.717, 1.165) is 19.6 Å². The molecule has 1 amide bonds. The molecule has 0 aromatic carbocycles. The molecule has 78 valence electrons. The molecule has 1 saturated carbocycles. The van der Waals surface area contributed by atoms with Gasteiger partial charge in [-0.1, -0.05) is 6.92 Å². The Morgan fingerprint density at radius 1 is 1.50 bits per heavy atom. The molecule has 4 aliphatic rings. The van der Waals surface area contributed by atoms with Crippen LogP contribution in [0.2, 0.25) is 0 Å². The first kappa shape index (κ1) is 8.72. The topological polar surface area (TPSA) is 32.3 Å². The number of nitrogens with zero attached hydrogens (tertiary/aromatic N) is 1. The lowest BCUT2D eigenvalue weighted by Crippen LogP contribution is -2.48. The van der Waals surface area contributed by atoms with Crippen LogP contribution in [0.25, 0.3) is 0 Å². The molecule has 0 aromatic heterocycles. The van der Waals surface area contributed by atoms with Crippen LogP contribution in [0.5, 0.6) is 0 Å². The summed E-state index contributed by atoms with van der Waals surface area (Å²) in [7, 11) is 0. The fourth-order valence-electron chi connectivity index (χ4n) is 3.20. The van der Waals surface area contributed by atoms with Gasteiger partial charge >= 0.3 is 0 Å². The van der Waals surface area contributed by atoms with Gasteiger partial charge in [0.2, 0.25) is 5.91 Å². The Labute approximate surface area is 84.8 Å². The zero-order chi connectivity index (χ0) is 9.71. The van der Waals surface area contributed by atoms with E-state index in [4.69, 9.17) is 0 Å². The van der Waals surface area contributed by atoms with Crippen LogP contribution in [-0.2, 0) is 4.79 Å². The molecule has 14 heavy (non-hydrogen) atoms. The molecule has 3 heterocycles. The molecule has 1 N–H and O–H groups in total. The van der Waals surface area contributed by atoms with Gasteiger partial charge in [0.1, 0.15) is 0 Å². The molecule has 3 aliphatic heterocycles. The zero-order valence-electron chi connectivity index (χ0n) is 8.70. The van der Waals surface area contributed by atoms with Gasteiger partial charge < -0.3 is 10.2 Å². The first-order chi connectivity index (χ1) is 6.75. The summed E-state index contributed by atoms with van der Waals surface area (Å²) in [5, 5.41) is 3.41. The second-order valence-electron chi connectivity index (χ2n) is 5.21. The Morgan fingerprint density at radius 3 is 2.86 bits per heavy atom. The lowest BCUT2D eigenvalue weighted by Gasteiger charge is -2.36. The highest BCUT2D eigenvalue weighted by molar-refractivity contribution is 5.81. The van der Waals surface area contributed by atoms with Crippen molar-refractivity contribution in [3.05, 3.63) is 0 Å². The summed E-state index contributed by atoms with van der Waals surface area (Å²) in [5.41, 5.74) is 0. The highest BCUT2D eigenvalue weighted by Crippen LogP contribution is 2.41. The Balaban J connectivity index is 1.66. The van der Waals surface area contributed by atoms with Gasteiger partial charge in [0.05, 0.1) is 5.92 Å². The summed E-state index contributed by atoms with van der Waals surface area (Å²) < 4.78 is 0. The molecule has 0 radical (unpaired) electrons. The fourth-order valence-corrected chi connectivity index (χ4v) is 3.20. The molecule has 4 rings (SSSR count). The first-order valence-electron chi connectivity index (χ1n) is 5.78. The maximum atomic E-state index is 12.1. The van der Waals surface area contributed by atoms with Crippen LogP contribution in [0.1, 0.15) is 19.8 Å². The van der Waals surface area contributed by atoms with Crippen molar-refractivity contribution in [2.24, 2.45) is 17.8 Å². The minimum Gasteiger partial charge on any atom is -0.342 e. The van der Waals surface area contributed by atoms with Crippen molar-refractivity contribution >= 4 is 5.91 Å². The smallest absolute Gasteiger partial charge is 0.227 e. The van der Waals surface area contributed by atoms with Gasteiger partial charge in [-0.25, -0.2) is 0 Å². The number of fused-ring (bicyclic) bond motifs is 1. The average Bonchev–Trinajstić information content (AvgIpc) is 2.75. The Bertz CT molecular complexity index is 252. The van der Waals surface area contributed by atoms with E-state index in [1.807, 2.05) is 0 Å². The van der Waals surface area contributed by atoms with Crippen LogP contribution < -0.4 is 5.32 Å². The van der Waals surface area contributed by atoms with Crippen molar-refractivity contribution in [1.29, 1.82) is 0 Å². The van der Waals surface area contributed by atoms with E-state index in [2.05, 4.69) is 17.1 Å². The quantitative estimate of drug-likeness (QED) is 0.658. The highest BCUT2D eigenvalue weighted by atomic mass is 16.2. The lowest BCUT2D eigenvalue weighted by molar-refractivity contribution is -0.139. The molecule has 2 bridgehead atoms. The van der Waals surface area contributed by atoms with E-state index in [1.165, 1.54) is 12.8 Å². The molecule has 3 heteroatoms. The summed E-state index contributed by atoms with van der Waals surface area (Å²) in [6.45, 7) is 5.30. The molecule has 0 aromatic rings. The second kappa shape index (κ2) is 2.96. The third-order valence-electron chi connectivity index (χ3n) is 4.16. The van der Waals surface area contributed by atoms with Crippen molar-refractivity contribution in [3.63, 3.8) is 0 Å². The fraction of sp³-hybridized carbons (Fsp3) is 0.909. The van der Waals surface area contributed by atoms with E-state index in [1.54, 1.807) is 0 Å². The molecule has 4 unspecified atom stereocenters. The van der Waals surface area contributed by atoms with Gasteiger partial charge in [-0.2, -0.15) is 0 Å². The molecule has 3 saturated heterocycles. The Kier molecular flexibility index (Phi) is 1.84.